The molecule has 0 radical (unpaired) electrons. The van der Waals surface area contributed by atoms with E-state index in [1.807, 2.05) is 12.1 Å². The minimum atomic E-state index is -0.118. The van der Waals surface area contributed by atoms with Gasteiger partial charge in [-0.1, -0.05) is 36.4 Å². The van der Waals surface area contributed by atoms with E-state index in [4.69, 9.17) is 4.74 Å². The summed E-state index contributed by atoms with van der Waals surface area (Å²) in [5.74, 6) is 0. The van der Waals surface area contributed by atoms with E-state index < -0.39 is 0 Å². The van der Waals surface area contributed by atoms with E-state index in [1.54, 1.807) is 0 Å². The smallest absolute Gasteiger partial charge is 0.0710 e. The molecule has 0 heterocycles. The first kappa shape index (κ1) is 15.9. The molecule has 0 bridgehead atoms. The summed E-state index contributed by atoms with van der Waals surface area (Å²) in [5.41, 5.74) is 1.17. The Morgan fingerprint density at radius 3 is 2.42 bits per heavy atom. The van der Waals surface area contributed by atoms with Crippen LogP contribution in [0.4, 0.5) is 0 Å². The van der Waals surface area contributed by atoms with Crippen molar-refractivity contribution in [2.45, 2.75) is 58.4 Å². The lowest BCUT2D eigenvalue weighted by Crippen LogP contribution is -2.42. The average Bonchev–Trinajstić information content (AvgIpc) is 2.33. The predicted octanol–water partition coefficient (Wildman–Crippen LogP) is 3.92. The molecule has 1 aromatic carbocycles. The van der Waals surface area contributed by atoms with Crippen molar-refractivity contribution in [3.05, 3.63) is 48.6 Å². The van der Waals surface area contributed by atoms with Crippen LogP contribution in [0.2, 0.25) is 0 Å². The van der Waals surface area contributed by atoms with Crippen LogP contribution in [0.5, 0.6) is 0 Å². The van der Waals surface area contributed by atoms with Crippen molar-refractivity contribution in [1.82, 2.24) is 5.32 Å². The SMILES string of the molecule is C=CC[C@@H](NCc1ccccc1)[C@H](C)OC(C)(C)C. The topological polar surface area (TPSA) is 21.3 Å². The summed E-state index contributed by atoms with van der Waals surface area (Å²) in [6.45, 7) is 13.1. The standard InChI is InChI=1S/C17H27NO/c1-6-10-16(14(2)19-17(3,4)5)18-13-15-11-8-7-9-12-15/h6-9,11-12,14,16,18H,1,10,13H2,2-5H3/t14-,16+/m0/s1. The van der Waals surface area contributed by atoms with E-state index in [2.05, 4.69) is 63.9 Å². The minimum absolute atomic E-state index is 0.118. The Balaban J connectivity index is 2.55. The molecule has 0 aliphatic rings. The third kappa shape index (κ3) is 6.55. The molecule has 1 aromatic rings. The Bertz CT molecular complexity index is 367. The molecular formula is C17H27NO. The molecule has 2 heteroatoms. The van der Waals surface area contributed by atoms with Crippen LogP contribution in [0.3, 0.4) is 0 Å². The van der Waals surface area contributed by atoms with Gasteiger partial charge in [0.2, 0.25) is 0 Å². The summed E-state index contributed by atoms with van der Waals surface area (Å²) < 4.78 is 6.03. The van der Waals surface area contributed by atoms with Gasteiger partial charge in [0, 0.05) is 12.6 Å². The lowest BCUT2D eigenvalue weighted by atomic mass is 10.1. The molecule has 0 saturated heterocycles. The van der Waals surface area contributed by atoms with Crippen molar-refractivity contribution in [1.29, 1.82) is 0 Å². The Labute approximate surface area is 117 Å². The first-order valence-electron chi connectivity index (χ1n) is 6.98. The second kappa shape index (κ2) is 7.46. The molecule has 2 atom stereocenters. The zero-order chi connectivity index (χ0) is 14.3. The maximum absolute atomic E-state index is 6.03. The summed E-state index contributed by atoms with van der Waals surface area (Å²) in [6, 6.07) is 10.7. The van der Waals surface area contributed by atoms with Gasteiger partial charge < -0.3 is 10.1 Å². The van der Waals surface area contributed by atoms with Gasteiger partial charge in [0.05, 0.1) is 11.7 Å². The third-order valence-electron chi connectivity index (χ3n) is 2.94. The molecular weight excluding hydrogens is 234 g/mol. The molecule has 0 unspecified atom stereocenters. The second-order valence-electron chi connectivity index (χ2n) is 5.93. The number of hydrogen-bond donors (Lipinski definition) is 1. The summed E-state index contributed by atoms with van der Waals surface area (Å²) in [4.78, 5) is 0. The van der Waals surface area contributed by atoms with Crippen LogP contribution in [0.1, 0.15) is 39.7 Å². The van der Waals surface area contributed by atoms with Gasteiger partial charge >= 0.3 is 0 Å². The zero-order valence-electron chi connectivity index (χ0n) is 12.6. The molecule has 0 spiro atoms. The summed E-state index contributed by atoms with van der Waals surface area (Å²) in [7, 11) is 0. The van der Waals surface area contributed by atoms with Crippen molar-refractivity contribution >= 4 is 0 Å². The highest BCUT2D eigenvalue weighted by molar-refractivity contribution is 5.14. The van der Waals surface area contributed by atoms with Crippen LogP contribution in [0, 0.1) is 0 Å². The molecule has 1 rings (SSSR count). The van der Waals surface area contributed by atoms with E-state index in [0.29, 0.717) is 0 Å². The Morgan fingerprint density at radius 2 is 1.89 bits per heavy atom. The van der Waals surface area contributed by atoms with Gasteiger partial charge in [0.1, 0.15) is 0 Å². The lowest BCUT2D eigenvalue weighted by molar-refractivity contribution is -0.0660. The van der Waals surface area contributed by atoms with E-state index in [9.17, 15) is 0 Å². The van der Waals surface area contributed by atoms with Crippen LogP contribution in [-0.2, 0) is 11.3 Å². The fraction of sp³-hybridized carbons (Fsp3) is 0.529. The first-order valence-corrected chi connectivity index (χ1v) is 6.98. The summed E-state index contributed by atoms with van der Waals surface area (Å²) >= 11 is 0. The van der Waals surface area contributed by atoms with Gasteiger partial charge in [-0.15, -0.1) is 6.58 Å². The molecule has 1 N–H and O–H groups in total. The van der Waals surface area contributed by atoms with Gasteiger partial charge in [0.25, 0.3) is 0 Å². The molecule has 106 valence electrons. The normalized spacial score (nSPS) is 14.9. The molecule has 0 aliphatic carbocycles. The number of ether oxygens (including phenoxy) is 1. The van der Waals surface area contributed by atoms with E-state index in [1.165, 1.54) is 5.56 Å². The largest absolute Gasteiger partial charge is 0.371 e. The highest BCUT2D eigenvalue weighted by Gasteiger charge is 2.22. The molecule has 0 aliphatic heterocycles. The highest BCUT2D eigenvalue weighted by Crippen LogP contribution is 2.15. The minimum Gasteiger partial charge on any atom is -0.371 e. The van der Waals surface area contributed by atoms with Crippen molar-refractivity contribution in [3.8, 4) is 0 Å². The molecule has 2 nitrogen and oxygen atoms in total. The Kier molecular flexibility index (Phi) is 6.26. The van der Waals surface area contributed by atoms with Gasteiger partial charge in [-0.3, -0.25) is 0 Å². The Morgan fingerprint density at radius 1 is 1.26 bits per heavy atom. The van der Waals surface area contributed by atoms with Gasteiger partial charge in [-0.2, -0.15) is 0 Å². The van der Waals surface area contributed by atoms with Crippen molar-refractivity contribution in [2.24, 2.45) is 0 Å². The number of benzene rings is 1. The van der Waals surface area contributed by atoms with Crippen molar-refractivity contribution in [2.75, 3.05) is 0 Å². The van der Waals surface area contributed by atoms with Crippen LogP contribution < -0.4 is 5.32 Å². The molecule has 19 heavy (non-hydrogen) atoms. The second-order valence-corrected chi connectivity index (χ2v) is 5.93. The lowest BCUT2D eigenvalue weighted by Gasteiger charge is -2.31. The molecule has 0 amide bonds. The Hall–Kier alpha value is -1.12. The monoisotopic (exact) mass is 261 g/mol. The molecule has 0 saturated carbocycles. The average molecular weight is 261 g/mol. The molecule has 0 aromatic heterocycles. The fourth-order valence-electron chi connectivity index (χ4n) is 2.11. The maximum atomic E-state index is 6.03. The zero-order valence-corrected chi connectivity index (χ0v) is 12.6. The number of hydrogen-bond acceptors (Lipinski definition) is 2. The maximum Gasteiger partial charge on any atom is 0.0710 e. The van der Waals surface area contributed by atoms with Crippen LogP contribution in [0.25, 0.3) is 0 Å². The van der Waals surface area contributed by atoms with Gasteiger partial charge in [-0.05, 0) is 39.7 Å². The van der Waals surface area contributed by atoms with E-state index in [-0.39, 0.29) is 17.7 Å². The highest BCUT2D eigenvalue weighted by atomic mass is 16.5. The van der Waals surface area contributed by atoms with Crippen LogP contribution in [0.15, 0.2) is 43.0 Å². The molecule has 0 fully saturated rings. The summed E-state index contributed by atoms with van der Waals surface area (Å²) in [6.07, 6.45) is 3.01. The third-order valence-corrected chi connectivity index (χ3v) is 2.94. The van der Waals surface area contributed by atoms with Crippen molar-refractivity contribution < 1.29 is 4.74 Å². The predicted molar refractivity (Wildman–Crippen MR) is 82.2 cm³/mol. The van der Waals surface area contributed by atoms with E-state index in [0.717, 1.165) is 13.0 Å². The van der Waals surface area contributed by atoms with Gasteiger partial charge in [0.15, 0.2) is 0 Å². The van der Waals surface area contributed by atoms with E-state index >= 15 is 0 Å². The number of rotatable bonds is 7. The summed E-state index contributed by atoms with van der Waals surface area (Å²) in [5, 5.41) is 3.56. The quantitative estimate of drug-likeness (QED) is 0.751. The first-order chi connectivity index (χ1) is 8.92. The fourth-order valence-corrected chi connectivity index (χ4v) is 2.11. The van der Waals surface area contributed by atoms with Crippen molar-refractivity contribution in [3.63, 3.8) is 0 Å². The van der Waals surface area contributed by atoms with Gasteiger partial charge in [-0.25, -0.2) is 0 Å². The van der Waals surface area contributed by atoms with Crippen LogP contribution in [-0.4, -0.2) is 17.7 Å². The number of nitrogens with one attached hydrogen (secondary N) is 1. The van der Waals surface area contributed by atoms with Crippen LogP contribution >= 0.6 is 0 Å².